The lowest BCUT2D eigenvalue weighted by Crippen LogP contribution is -2.32. The number of carboxylic acid groups (broad SMARTS) is 1. The third-order valence-electron chi connectivity index (χ3n) is 10.6. The number of carboxylic acids is 1. The Morgan fingerprint density at radius 1 is 0.431 bits per heavy atom. The molecule has 326 valence electrons. The lowest BCUT2D eigenvalue weighted by Gasteiger charge is -2.18. The molecule has 8 aromatic carbocycles. The van der Waals surface area contributed by atoms with E-state index in [2.05, 4.69) is 16.7 Å². The van der Waals surface area contributed by atoms with E-state index in [-0.39, 0.29) is 5.97 Å². The van der Waals surface area contributed by atoms with Crippen molar-refractivity contribution in [2.75, 3.05) is 17.7 Å². The summed E-state index contributed by atoms with van der Waals surface area (Å²) < 4.78 is 16.8. The number of benzene rings is 8. The van der Waals surface area contributed by atoms with E-state index < -0.39 is 18.1 Å². The highest BCUT2D eigenvalue weighted by Crippen LogP contribution is 2.28. The Bertz CT molecular complexity index is 2680. The summed E-state index contributed by atoms with van der Waals surface area (Å²) in [6.45, 7) is 1.06. The molecule has 0 saturated heterocycles. The molecule has 0 aliphatic carbocycles. The number of nitrogens with one attached hydrogen (secondary N) is 2. The molecule has 65 heavy (non-hydrogen) atoms. The molecule has 0 aliphatic rings. The maximum Gasteiger partial charge on any atom is 0.328 e. The number of anilines is 2. The minimum absolute atomic E-state index is 0.288. The molecule has 2 atom stereocenters. The van der Waals surface area contributed by atoms with E-state index in [0.717, 1.165) is 67.4 Å². The van der Waals surface area contributed by atoms with Gasteiger partial charge in [0, 0.05) is 24.2 Å². The van der Waals surface area contributed by atoms with Crippen molar-refractivity contribution < 1.29 is 28.9 Å². The van der Waals surface area contributed by atoms with Gasteiger partial charge in [0.15, 0.2) is 0 Å². The predicted molar refractivity (Wildman–Crippen MR) is 260 cm³/mol. The summed E-state index contributed by atoms with van der Waals surface area (Å²) in [6.07, 6.45) is 0.957. The van der Waals surface area contributed by atoms with Gasteiger partial charge < -0.3 is 30.0 Å². The Hall–Kier alpha value is -8.10. The van der Waals surface area contributed by atoms with Crippen molar-refractivity contribution in [2.45, 2.75) is 38.1 Å². The molecule has 0 heterocycles. The lowest BCUT2D eigenvalue weighted by atomic mass is 10.0. The van der Waals surface area contributed by atoms with Crippen LogP contribution in [0.4, 0.5) is 11.4 Å². The predicted octanol–water partition coefficient (Wildman–Crippen LogP) is 12.2. The first kappa shape index (κ1) is 44.9. The molecule has 0 aliphatic heterocycles. The van der Waals surface area contributed by atoms with Gasteiger partial charge in [-0.15, -0.1) is 0 Å². The van der Waals surface area contributed by atoms with E-state index in [1.54, 1.807) is 0 Å². The van der Waals surface area contributed by atoms with E-state index in [4.69, 9.17) is 14.2 Å². The number of hydrogen-bond donors (Lipinski definition) is 3. The summed E-state index contributed by atoms with van der Waals surface area (Å²) in [6, 6.07) is 70.4. The molecule has 0 radical (unpaired) electrons. The fourth-order valence-electron chi connectivity index (χ4n) is 7.18. The van der Waals surface area contributed by atoms with Gasteiger partial charge >= 0.3 is 11.9 Å². The van der Waals surface area contributed by atoms with Crippen LogP contribution < -0.4 is 20.1 Å². The molecule has 0 bridgehead atoms. The van der Waals surface area contributed by atoms with Crippen molar-refractivity contribution in [1.82, 2.24) is 0 Å². The SMILES string of the molecule is COC(=O)C(Cc1ccccc1)Nc1cccc(-c2ccc(OCc3ccccc3)cc2)c1.O=C(O)C(Cc1ccccc1)Nc1cccc(-c2ccc(OCc3ccccc3)cc2)c1. The number of methoxy groups -OCH3 is 1. The summed E-state index contributed by atoms with van der Waals surface area (Å²) in [5, 5.41) is 16.2. The van der Waals surface area contributed by atoms with Gasteiger partial charge in [-0.3, -0.25) is 0 Å². The molecule has 2 unspecified atom stereocenters. The second-order valence-corrected chi connectivity index (χ2v) is 15.4. The van der Waals surface area contributed by atoms with Gasteiger partial charge in [-0.2, -0.15) is 0 Å². The number of rotatable bonds is 18. The zero-order valence-electron chi connectivity index (χ0n) is 36.3. The Morgan fingerprint density at radius 2 is 0.800 bits per heavy atom. The summed E-state index contributed by atoms with van der Waals surface area (Å²) in [5.74, 6) is 0.467. The summed E-state index contributed by atoms with van der Waals surface area (Å²) >= 11 is 0. The number of aliphatic carboxylic acids is 1. The van der Waals surface area contributed by atoms with Gasteiger partial charge in [-0.05, 0) is 93.0 Å². The van der Waals surface area contributed by atoms with E-state index in [1.165, 1.54) is 7.11 Å². The van der Waals surface area contributed by atoms with Gasteiger partial charge in [0.05, 0.1) is 7.11 Å². The zero-order chi connectivity index (χ0) is 45.1. The van der Waals surface area contributed by atoms with Crippen LogP contribution in [0.15, 0.2) is 218 Å². The molecule has 8 heteroatoms. The minimum atomic E-state index is -0.876. The second-order valence-electron chi connectivity index (χ2n) is 15.4. The largest absolute Gasteiger partial charge is 0.489 e. The van der Waals surface area contributed by atoms with Gasteiger partial charge in [0.2, 0.25) is 0 Å². The van der Waals surface area contributed by atoms with Crippen LogP contribution in [0, 0.1) is 0 Å². The fraction of sp³-hybridized carbons (Fsp3) is 0.123. The van der Waals surface area contributed by atoms with Gasteiger partial charge in [0.25, 0.3) is 0 Å². The number of carbonyl (C=O) groups is 2. The second kappa shape index (κ2) is 23.4. The highest BCUT2D eigenvalue weighted by molar-refractivity contribution is 5.81. The highest BCUT2D eigenvalue weighted by atomic mass is 16.5. The zero-order valence-corrected chi connectivity index (χ0v) is 36.3. The summed E-state index contributed by atoms with van der Waals surface area (Å²) in [7, 11) is 1.42. The lowest BCUT2D eigenvalue weighted by molar-refractivity contribution is -0.141. The average Bonchev–Trinajstić information content (AvgIpc) is 3.36. The molecule has 8 nitrogen and oxygen atoms in total. The van der Waals surface area contributed by atoms with Gasteiger partial charge in [-0.1, -0.05) is 170 Å². The Balaban J connectivity index is 0.000000194. The number of carbonyl (C=O) groups excluding carboxylic acids is 1. The Labute approximate surface area is 381 Å². The van der Waals surface area contributed by atoms with Gasteiger partial charge in [-0.25, -0.2) is 9.59 Å². The van der Waals surface area contributed by atoms with Crippen LogP contribution in [-0.4, -0.2) is 36.2 Å². The first-order valence-electron chi connectivity index (χ1n) is 21.5. The van der Waals surface area contributed by atoms with Crippen LogP contribution in [0.1, 0.15) is 22.3 Å². The van der Waals surface area contributed by atoms with Crippen molar-refractivity contribution in [2.24, 2.45) is 0 Å². The van der Waals surface area contributed by atoms with E-state index in [9.17, 15) is 14.7 Å². The van der Waals surface area contributed by atoms with E-state index >= 15 is 0 Å². The van der Waals surface area contributed by atoms with Crippen LogP contribution >= 0.6 is 0 Å². The first-order valence-corrected chi connectivity index (χ1v) is 21.5. The minimum Gasteiger partial charge on any atom is -0.489 e. The van der Waals surface area contributed by atoms with Crippen molar-refractivity contribution in [3.63, 3.8) is 0 Å². The van der Waals surface area contributed by atoms with Crippen LogP contribution in [0.3, 0.4) is 0 Å². The van der Waals surface area contributed by atoms with Crippen molar-refractivity contribution in [1.29, 1.82) is 0 Å². The fourth-order valence-corrected chi connectivity index (χ4v) is 7.18. The van der Waals surface area contributed by atoms with Gasteiger partial charge in [0.1, 0.15) is 36.8 Å². The molecule has 0 spiro atoms. The monoisotopic (exact) mass is 860 g/mol. The maximum absolute atomic E-state index is 12.4. The third kappa shape index (κ3) is 13.9. The normalized spacial score (nSPS) is 11.5. The van der Waals surface area contributed by atoms with Crippen molar-refractivity contribution in [3.05, 3.63) is 241 Å². The number of esters is 1. The Morgan fingerprint density at radius 3 is 1.18 bits per heavy atom. The number of hydrogen-bond acceptors (Lipinski definition) is 7. The molecule has 8 rings (SSSR count). The first-order chi connectivity index (χ1) is 31.9. The molecule has 0 aromatic heterocycles. The summed E-state index contributed by atoms with van der Waals surface area (Å²) in [5.41, 5.74) is 10.1. The average molecular weight is 861 g/mol. The third-order valence-corrected chi connectivity index (χ3v) is 10.6. The molecule has 3 N–H and O–H groups in total. The Kier molecular flexibility index (Phi) is 16.2. The quantitative estimate of drug-likeness (QED) is 0.0733. The van der Waals surface area contributed by atoms with Crippen LogP contribution in [0.25, 0.3) is 22.3 Å². The standard InChI is InChI=1S/C29H27NO3.C28H25NO3/c1-32-29(31)28(19-22-9-4-2-5-10-22)30-26-14-8-13-25(20-26)24-15-17-27(18-16-24)33-21-23-11-6-3-7-12-23;30-28(31)27(18-21-8-3-1-4-9-21)29-25-13-7-12-24(19-25)23-14-16-26(17-15-23)32-20-22-10-5-2-6-11-22/h2-18,20,28,30H,19,21H2,1H3;1-17,19,27,29H,18,20H2,(H,30,31). The van der Waals surface area contributed by atoms with Crippen molar-refractivity contribution >= 4 is 23.3 Å². The van der Waals surface area contributed by atoms with Crippen LogP contribution in [0.5, 0.6) is 11.5 Å². The molecule has 8 aromatic rings. The highest BCUT2D eigenvalue weighted by Gasteiger charge is 2.20. The molecule has 0 saturated carbocycles. The molecule has 0 fully saturated rings. The molecular formula is C57H52N2O6. The van der Waals surface area contributed by atoms with E-state index in [1.807, 2.05) is 212 Å². The van der Waals surface area contributed by atoms with Crippen LogP contribution in [0.2, 0.25) is 0 Å². The molecular weight excluding hydrogens is 809 g/mol. The summed E-state index contributed by atoms with van der Waals surface area (Å²) in [4.78, 5) is 24.2. The smallest absolute Gasteiger partial charge is 0.328 e. The van der Waals surface area contributed by atoms with Crippen molar-refractivity contribution in [3.8, 4) is 33.8 Å². The van der Waals surface area contributed by atoms with E-state index in [0.29, 0.717) is 26.1 Å². The topological polar surface area (TPSA) is 106 Å². The number of ether oxygens (including phenoxy) is 3. The molecule has 0 amide bonds. The maximum atomic E-state index is 12.4. The van der Waals surface area contributed by atoms with Crippen LogP contribution in [-0.2, 0) is 40.4 Å².